The molecule has 0 radical (unpaired) electrons. The van der Waals surface area contributed by atoms with E-state index >= 15 is 0 Å². The average Bonchev–Trinajstić information content (AvgIpc) is 3.62. The molecule has 3 aliphatic rings. The number of sulfonamides is 1. The Balaban J connectivity index is 1.44. The number of fused-ring (bicyclic) bond motifs is 1. The molecule has 1 saturated carbocycles. The molecule has 0 amide bonds. The number of ether oxygens (including phenoxy) is 2. The molecular formula is C28H32N2O7S. The van der Waals surface area contributed by atoms with Crippen molar-refractivity contribution in [2.75, 3.05) is 10.8 Å². The maximum atomic E-state index is 14.0. The lowest BCUT2D eigenvalue weighted by Gasteiger charge is -2.36. The van der Waals surface area contributed by atoms with Crippen LogP contribution in [0, 0.1) is 0 Å². The number of oxime groups is 1. The highest BCUT2D eigenvalue weighted by Gasteiger charge is 2.36. The first-order chi connectivity index (χ1) is 18.0. The van der Waals surface area contributed by atoms with Gasteiger partial charge in [0, 0.05) is 0 Å². The largest absolute Gasteiger partial charge is 0.486 e. The van der Waals surface area contributed by atoms with Crippen LogP contribution in [0.2, 0.25) is 0 Å². The predicted molar refractivity (Wildman–Crippen MR) is 141 cm³/mol. The van der Waals surface area contributed by atoms with Gasteiger partial charge in [0.15, 0.2) is 0 Å². The lowest BCUT2D eigenvalue weighted by molar-refractivity contribution is -0.154. The van der Waals surface area contributed by atoms with Crippen molar-refractivity contribution >= 4 is 33.4 Å². The van der Waals surface area contributed by atoms with Crippen molar-refractivity contribution in [2.24, 2.45) is 5.16 Å². The third-order valence-corrected chi connectivity index (χ3v) is 8.37. The van der Waals surface area contributed by atoms with Crippen molar-refractivity contribution in [2.45, 2.75) is 81.8 Å². The minimum Gasteiger partial charge on any atom is -0.486 e. The summed E-state index contributed by atoms with van der Waals surface area (Å²) in [5.41, 5.74) is 2.03. The minimum absolute atomic E-state index is 0.00683. The SMILES string of the molecule is CC(C)(C)OC(=O)Cc1ccc2c(c1)N(S(=O)(=O)c1cccc(C3CC3)c1)C[C@H](CCC1=NOC(=O)C1)O2. The lowest BCUT2D eigenvalue weighted by atomic mass is 10.1. The summed E-state index contributed by atoms with van der Waals surface area (Å²) in [6.45, 7) is 5.49. The molecule has 2 aromatic carbocycles. The standard InChI is InChI=1S/C28H32N2O7S/c1-28(2,3)36-26(31)14-18-7-12-25-24(13-18)30(17-22(35-25)11-10-21-16-27(32)37-29-21)38(33,34)23-6-4-5-20(15-23)19-8-9-19/h4-7,12-13,15,19,22H,8-11,14,16-17H2,1-3H3/t22-/m0/s1. The fourth-order valence-corrected chi connectivity index (χ4v) is 6.22. The Hall–Kier alpha value is -3.40. The third-order valence-electron chi connectivity index (χ3n) is 6.60. The molecule has 0 spiro atoms. The van der Waals surface area contributed by atoms with Crippen LogP contribution in [0.5, 0.6) is 5.75 Å². The molecule has 9 nitrogen and oxygen atoms in total. The number of carbonyl (C=O) groups excluding carboxylic acids is 2. The van der Waals surface area contributed by atoms with Crippen LogP contribution in [0.1, 0.15) is 69.9 Å². The van der Waals surface area contributed by atoms with E-state index in [4.69, 9.17) is 9.47 Å². The summed E-state index contributed by atoms with van der Waals surface area (Å²) in [5, 5.41) is 3.79. The first-order valence-electron chi connectivity index (χ1n) is 12.9. The van der Waals surface area contributed by atoms with E-state index in [9.17, 15) is 18.0 Å². The van der Waals surface area contributed by atoms with E-state index in [1.54, 1.807) is 57.2 Å². The van der Waals surface area contributed by atoms with Gasteiger partial charge < -0.3 is 14.3 Å². The molecular weight excluding hydrogens is 508 g/mol. The zero-order valence-electron chi connectivity index (χ0n) is 21.8. The molecule has 202 valence electrons. The van der Waals surface area contributed by atoms with Gasteiger partial charge in [0.05, 0.1) is 35.7 Å². The van der Waals surface area contributed by atoms with Crippen molar-refractivity contribution in [3.8, 4) is 5.75 Å². The van der Waals surface area contributed by atoms with Crippen LogP contribution in [0.15, 0.2) is 52.5 Å². The topological polar surface area (TPSA) is 112 Å². The average molecular weight is 541 g/mol. The van der Waals surface area contributed by atoms with Gasteiger partial charge in [-0.25, -0.2) is 13.2 Å². The van der Waals surface area contributed by atoms with Crippen molar-refractivity contribution < 1.29 is 32.3 Å². The maximum absolute atomic E-state index is 14.0. The van der Waals surface area contributed by atoms with Crippen LogP contribution in [0.25, 0.3) is 0 Å². The molecule has 0 unspecified atom stereocenters. The van der Waals surface area contributed by atoms with Crippen LogP contribution in [0.3, 0.4) is 0 Å². The molecule has 5 rings (SSSR count). The number of carbonyl (C=O) groups is 2. The molecule has 2 aliphatic heterocycles. The van der Waals surface area contributed by atoms with E-state index in [1.165, 1.54) is 4.31 Å². The van der Waals surface area contributed by atoms with E-state index in [-0.39, 0.29) is 24.3 Å². The van der Waals surface area contributed by atoms with Gasteiger partial charge in [-0.3, -0.25) is 9.10 Å². The molecule has 10 heteroatoms. The number of hydrogen-bond donors (Lipinski definition) is 0. The van der Waals surface area contributed by atoms with Crippen LogP contribution in [-0.4, -0.2) is 44.3 Å². The fourth-order valence-electron chi connectivity index (χ4n) is 4.67. The first kappa shape index (κ1) is 26.2. The molecule has 0 bridgehead atoms. The van der Waals surface area contributed by atoms with E-state index in [1.807, 2.05) is 6.07 Å². The summed E-state index contributed by atoms with van der Waals surface area (Å²) in [7, 11) is -3.93. The van der Waals surface area contributed by atoms with Gasteiger partial charge in [-0.1, -0.05) is 23.4 Å². The van der Waals surface area contributed by atoms with Crippen molar-refractivity contribution in [1.29, 1.82) is 0 Å². The number of hydrogen-bond acceptors (Lipinski definition) is 8. The molecule has 1 aliphatic carbocycles. The Labute approximate surface area is 222 Å². The van der Waals surface area contributed by atoms with Crippen LogP contribution in [-0.2, 0) is 35.6 Å². The summed E-state index contributed by atoms with van der Waals surface area (Å²) >= 11 is 0. The van der Waals surface area contributed by atoms with E-state index in [2.05, 4.69) is 9.99 Å². The van der Waals surface area contributed by atoms with Crippen LogP contribution < -0.4 is 9.04 Å². The molecule has 1 atom stereocenters. The molecule has 0 N–H and O–H groups in total. The molecule has 1 fully saturated rings. The summed E-state index contributed by atoms with van der Waals surface area (Å²) in [6, 6.07) is 12.3. The highest BCUT2D eigenvalue weighted by molar-refractivity contribution is 7.92. The number of nitrogens with zero attached hydrogens (tertiary/aromatic N) is 2. The molecule has 0 aromatic heterocycles. The molecule has 2 aromatic rings. The van der Waals surface area contributed by atoms with Crippen LogP contribution in [0.4, 0.5) is 5.69 Å². The lowest BCUT2D eigenvalue weighted by Crippen LogP contribution is -2.43. The Morgan fingerprint density at radius 1 is 1.16 bits per heavy atom. The van der Waals surface area contributed by atoms with Gasteiger partial charge in [0.1, 0.15) is 17.5 Å². The summed E-state index contributed by atoms with van der Waals surface area (Å²) in [4.78, 5) is 28.7. The maximum Gasteiger partial charge on any atom is 0.340 e. The van der Waals surface area contributed by atoms with E-state index in [0.29, 0.717) is 41.5 Å². The van der Waals surface area contributed by atoms with Gasteiger partial charge in [0.2, 0.25) is 0 Å². The monoisotopic (exact) mass is 540 g/mol. The highest BCUT2D eigenvalue weighted by Crippen LogP contribution is 2.42. The molecule has 38 heavy (non-hydrogen) atoms. The predicted octanol–water partition coefficient (Wildman–Crippen LogP) is 4.49. The Morgan fingerprint density at radius 3 is 2.63 bits per heavy atom. The Morgan fingerprint density at radius 2 is 1.95 bits per heavy atom. The van der Waals surface area contributed by atoms with Gasteiger partial charge in [0.25, 0.3) is 10.0 Å². The first-order valence-corrected chi connectivity index (χ1v) is 14.3. The van der Waals surface area contributed by atoms with Crippen molar-refractivity contribution in [1.82, 2.24) is 0 Å². The number of benzene rings is 2. The second-order valence-electron chi connectivity index (χ2n) is 11.0. The van der Waals surface area contributed by atoms with Crippen LogP contribution >= 0.6 is 0 Å². The zero-order chi connectivity index (χ0) is 27.1. The summed E-state index contributed by atoms with van der Waals surface area (Å²) in [5.74, 6) is 0.0316. The summed E-state index contributed by atoms with van der Waals surface area (Å²) in [6.07, 6.45) is 2.72. The Bertz CT molecular complexity index is 1390. The quantitative estimate of drug-likeness (QED) is 0.358. The van der Waals surface area contributed by atoms with E-state index < -0.39 is 33.7 Å². The number of esters is 1. The van der Waals surface area contributed by atoms with Gasteiger partial charge in [-0.05, 0) is 87.8 Å². The number of rotatable bonds is 8. The fraction of sp³-hybridized carbons (Fsp3) is 0.464. The zero-order valence-corrected chi connectivity index (χ0v) is 22.6. The van der Waals surface area contributed by atoms with Gasteiger partial charge in [-0.2, -0.15) is 0 Å². The van der Waals surface area contributed by atoms with Crippen molar-refractivity contribution in [3.05, 3.63) is 53.6 Å². The molecule has 2 heterocycles. The second kappa shape index (κ2) is 10.1. The van der Waals surface area contributed by atoms with Crippen molar-refractivity contribution in [3.63, 3.8) is 0 Å². The molecule has 0 saturated heterocycles. The second-order valence-corrected chi connectivity index (χ2v) is 12.9. The third kappa shape index (κ3) is 6.01. The minimum atomic E-state index is -3.93. The summed E-state index contributed by atoms with van der Waals surface area (Å²) < 4.78 is 41.0. The van der Waals surface area contributed by atoms with Gasteiger partial charge >= 0.3 is 11.9 Å². The number of anilines is 1. The normalized spacial score (nSPS) is 19.3. The van der Waals surface area contributed by atoms with Gasteiger partial charge in [-0.15, -0.1) is 0 Å². The van der Waals surface area contributed by atoms with E-state index in [0.717, 1.165) is 18.4 Å². The Kier molecular flexibility index (Phi) is 6.94. The highest BCUT2D eigenvalue weighted by atomic mass is 32.2. The smallest absolute Gasteiger partial charge is 0.340 e.